The fourth-order valence-electron chi connectivity index (χ4n) is 3.19. The van der Waals surface area contributed by atoms with Gasteiger partial charge in [0, 0.05) is 20.6 Å². The molecule has 0 aliphatic carbocycles. The first-order valence-electron chi connectivity index (χ1n) is 10.6. The number of carbonyl (C=O) groups excluding carboxylic acids is 1. The monoisotopic (exact) mass is 403 g/mol. The summed E-state index contributed by atoms with van der Waals surface area (Å²) in [5.74, 6) is 2.38. The van der Waals surface area contributed by atoms with E-state index in [0.717, 1.165) is 36.7 Å². The summed E-state index contributed by atoms with van der Waals surface area (Å²) in [7, 11) is 5.17. The van der Waals surface area contributed by atoms with Gasteiger partial charge in [-0.2, -0.15) is 0 Å². The van der Waals surface area contributed by atoms with Crippen LogP contribution in [0.15, 0.2) is 29.3 Å². The summed E-state index contributed by atoms with van der Waals surface area (Å²) in [4.78, 5) is 20.7. The van der Waals surface area contributed by atoms with Crippen LogP contribution in [-0.2, 0) is 11.3 Å². The quantitative estimate of drug-likeness (QED) is 0.375. The second kappa shape index (κ2) is 12.3. The number of amides is 1. The summed E-state index contributed by atoms with van der Waals surface area (Å²) < 4.78 is 5.20. The first kappa shape index (κ1) is 23.0. The van der Waals surface area contributed by atoms with E-state index in [9.17, 15) is 4.79 Å². The molecule has 0 aromatic heterocycles. The summed E-state index contributed by atoms with van der Waals surface area (Å²) in [6.45, 7) is 7.44. The lowest BCUT2D eigenvalue weighted by atomic mass is 9.99. The molecule has 1 saturated heterocycles. The fraction of sp³-hybridized carbons (Fsp3) is 0.636. The van der Waals surface area contributed by atoms with Crippen molar-refractivity contribution in [2.24, 2.45) is 10.9 Å². The van der Waals surface area contributed by atoms with E-state index in [4.69, 9.17) is 4.74 Å². The molecular weight excluding hydrogens is 366 g/mol. The van der Waals surface area contributed by atoms with Crippen LogP contribution in [-0.4, -0.2) is 75.6 Å². The third kappa shape index (κ3) is 8.73. The highest BCUT2D eigenvalue weighted by atomic mass is 16.5. The van der Waals surface area contributed by atoms with Crippen molar-refractivity contribution in [3.05, 3.63) is 29.8 Å². The lowest BCUT2D eigenvalue weighted by Crippen LogP contribution is -2.43. The summed E-state index contributed by atoms with van der Waals surface area (Å²) in [6, 6.07) is 7.87. The van der Waals surface area contributed by atoms with Crippen molar-refractivity contribution in [1.82, 2.24) is 20.4 Å². The molecule has 7 nitrogen and oxygen atoms in total. The van der Waals surface area contributed by atoms with Crippen LogP contribution < -0.4 is 15.4 Å². The Kier molecular flexibility index (Phi) is 9.77. The average Bonchev–Trinajstić information content (AvgIpc) is 2.73. The zero-order valence-corrected chi connectivity index (χ0v) is 18.4. The van der Waals surface area contributed by atoms with Crippen LogP contribution in [0.3, 0.4) is 0 Å². The van der Waals surface area contributed by atoms with Crippen molar-refractivity contribution in [1.29, 1.82) is 0 Å². The molecule has 1 fully saturated rings. The number of likely N-dealkylation sites (N-methyl/N-ethyl adjacent to an activating group) is 1. The molecule has 0 spiro atoms. The largest absolute Gasteiger partial charge is 0.497 e. The summed E-state index contributed by atoms with van der Waals surface area (Å²) in [6.07, 6.45) is 3.66. The zero-order valence-electron chi connectivity index (χ0n) is 18.4. The van der Waals surface area contributed by atoms with Gasteiger partial charge in [-0.25, -0.2) is 4.99 Å². The predicted molar refractivity (Wildman–Crippen MR) is 118 cm³/mol. The molecule has 0 atom stereocenters. The van der Waals surface area contributed by atoms with E-state index in [0.29, 0.717) is 12.5 Å². The summed E-state index contributed by atoms with van der Waals surface area (Å²) >= 11 is 0. The number of rotatable bonds is 9. The Labute approximate surface area is 175 Å². The van der Waals surface area contributed by atoms with E-state index in [-0.39, 0.29) is 12.5 Å². The van der Waals surface area contributed by atoms with E-state index < -0.39 is 0 Å². The maximum absolute atomic E-state index is 11.9. The van der Waals surface area contributed by atoms with E-state index in [1.165, 1.54) is 25.9 Å². The first-order valence-corrected chi connectivity index (χ1v) is 10.6. The number of hydrogen-bond acceptors (Lipinski definition) is 4. The molecule has 7 heteroatoms. The molecule has 0 radical (unpaired) electrons. The third-order valence-corrected chi connectivity index (χ3v) is 5.30. The van der Waals surface area contributed by atoms with Crippen LogP contribution in [0.4, 0.5) is 0 Å². The van der Waals surface area contributed by atoms with E-state index >= 15 is 0 Å². The number of nitrogens with zero attached hydrogens (tertiary/aromatic N) is 3. The third-order valence-electron chi connectivity index (χ3n) is 5.30. The second-order valence-electron chi connectivity index (χ2n) is 7.96. The van der Waals surface area contributed by atoms with Crippen LogP contribution in [0.25, 0.3) is 0 Å². The number of piperidine rings is 1. The van der Waals surface area contributed by atoms with Gasteiger partial charge in [-0.1, -0.05) is 19.1 Å². The van der Waals surface area contributed by atoms with E-state index in [2.05, 4.69) is 27.4 Å². The number of carbonyl (C=O) groups is 1. The molecular formula is C22H37N5O2. The van der Waals surface area contributed by atoms with Gasteiger partial charge in [-0.15, -0.1) is 0 Å². The molecule has 0 saturated carbocycles. The molecule has 1 aromatic rings. The highest BCUT2D eigenvalue weighted by Crippen LogP contribution is 2.15. The lowest BCUT2D eigenvalue weighted by Gasteiger charge is -2.30. The minimum atomic E-state index is 0.0198. The number of likely N-dealkylation sites (tertiary alicyclic amines) is 1. The van der Waals surface area contributed by atoms with Gasteiger partial charge < -0.3 is 25.2 Å². The topological polar surface area (TPSA) is 69.2 Å². The molecule has 162 valence electrons. The average molecular weight is 404 g/mol. The van der Waals surface area contributed by atoms with Gasteiger partial charge in [-0.3, -0.25) is 4.79 Å². The van der Waals surface area contributed by atoms with Crippen LogP contribution in [0.5, 0.6) is 5.75 Å². The number of aliphatic imine (C=N–C) groups is 1. The molecule has 1 aliphatic heterocycles. The van der Waals surface area contributed by atoms with Crippen molar-refractivity contribution in [2.45, 2.75) is 32.7 Å². The molecule has 29 heavy (non-hydrogen) atoms. The zero-order chi connectivity index (χ0) is 21.1. The molecule has 1 aliphatic rings. The standard InChI is InChI=1S/C22H37N5O2/c1-18-10-14-27(15-11-18)13-5-12-23-22(25-17-21(28)26(2)3)24-16-19-6-8-20(29-4)9-7-19/h6-9,18H,5,10-17H2,1-4H3,(H2,23,24,25). The first-order chi connectivity index (χ1) is 14.0. The Balaban J connectivity index is 1.83. The van der Waals surface area contributed by atoms with Crippen LogP contribution >= 0.6 is 0 Å². The molecule has 0 bridgehead atoms. The second-order valence-corrected chi connectivity index (χ2v) is 7.96. The van der Waals surface area contributed by atoms with Gasteiger partial charge in [-0.05, 0) is 62.5 Å². The molecule has 2 N–H and O–H groups in total. The van der Waals surface area contributed by atoms with Gasteiger partial charge >= 0.3 is 0 Å². The van der Waals surface area contributed by atoms with Gasteiger partial charge in [0.05, 0.1) is 20.2 Å². The summed E-state index contributed by atoms with van der Waals surface area (Å²) in [5, 5.41) is 6.52. The van der Waals surface area contributed by atoms with Gasteiger partial charge in [0.1, 0.15) is 5.75 Å². The SMILES string of the molecule is COc1ccc(CN=C(NCCCN2CCC(C)CC2)NCC(=O)N(C)C)cc1. The maximum atomic E-state index is 11.9. The Hall–Kier alpha value is -2.28. The normalized spacial score (nSPS) is 15.8. The Morgan fingerprint density at radius 1 is 1.21 bits per heavy atom. The van der Waals surface area contributed by atoms with E-state index in [1.807, 2.05) is 24.3 Å². The lowest BCUT2D eigenvalue weighted by molar-refractivity contribution is -0.127. The minimum Gasteiger partial charge on any atom is -0.497 e. The molecule has 1 heterocycles. The van der Waals surface area contributed by atoms with Crippen molar-refractivity contribution < 1.29 is 9.53 Å². The maximum Gasteiger partial charge on any atom is 0.241 e. The number of guanidine groups is 1. The highest BCUT2D eigenvalue weighted by molar-refractivity contribution is 5.86. The van der Waals surface area contributed by atoms with Crippen LogP contribution in [0, 0.1) is 5.92 Å². The number of benzene rings is 1. The van der Waals surface area contributed by atoms with Crippen molar-refractivity contribution in [2.75, 3.05) is 53.9 Å². The molecule has 2 rings (SSSR count). The smallest absolute Gasteiger partial charge is 0.241 e. The minimum absolute atomic E-state index is 0.0198. The van der Waals surface area contributed by atoms with Crippen molar-refractivity contribution in [3.8, 4) is 5.75 Å². The Bertz CT molecular complexity index is 637. The molecule has 1 amide bonds. The van der Waals surface area contributed by atoms with Crippen molar-refractivity contribution in [3.63, 3.8) is 0 Å². The van der Waals surface area contributed by atoms with Gasteiger partial charge in [0.25, 0.3) is 0 Å². The number of methoxy groups -OCH3 is 1. The molecule has 1 aromatic carbocycles. The predicted octanol–water partition coefficient (Wildman–Crippen LogP) is 1.94. The number of hydrogen-bond donors (Lipinski definition) is 2. The Morgan fingerprint density at radius 3 is 2.52 bits per heavy atom. The van der Waals surface area contributed by atoms with Gasteiger partial charge in [0.2, 0.25) is 5.91 Å². The number of nitrogens with one attached hydrogen (secondary N) is 2. The highest BCUT2D eigenvalue weighted by Gasteiger charge is 2.14. The number of ether oxygens (including phenoxy) is 1. The Morgan fingerprint density at radius 2 is 1.90 bits per heavy atom. The van der Waals surface area contributed by atoms with Crippen LogP contribution in [0.2, 0.25) is 0 Å². The van der Waals surface area contributed by atoms with Gasteiger partial charge in [0.15, 0.2) is 5.96 Å². The van der Waals surface area contributed by atoms with Crippen molar-refractivity contribution >= 4 is 11.9 Å². The van der Waals surface area contributed by atoms with E-state index in [1.54, 1.807) is 26.1 Å². The van der Waals surface area contributed by atoms with Crippen LogP contribution in [0.1, 0.15) is 31.7 Å². The summed E-state index contributed by atoms with van der Waals surface area (Å²) in [5.41, 5.74) is 1.09. The molecule has 0 unspecified atom stereocenters. The fourth-order valence-corrected chi connectivity index (χ4v) is 3.19.